The van der Waals surface area contributed by atoms with Crippen LogP contribution in [-0.4, -0.2) is 46.2 Å². The lowest BCUT2D eigenvalue weighted by molar-refractivity contribution is 0.0515. The Bertz CT molecular complexity index is 579. The first kappa shape index (κ1) is 17.7. The molecule has 0 aromatic carbocycles. The summed E-state index contributed by atoms with van der Waals surface area (Å²) in [6.45, 7) is 8.76. The van der Waals surface area contributed by atoms with Crippen molar-refractivity contribution in [1.82, 2.24) is 9.88 Å². The summed E-state index contributed by atoms with van der Waals surface area (Å²) in [6.07, 6.45) is 0.593. The van der Waals surface area contributed by atoms with Gasteiger partial charge >= 0.3 is 12.1 Å². The summed E-state index contributed by atoms with van der Waals surface area (Å²) in [7, 11) is 0. The number of ether oxygens (including phenoxy) is 1. The Morgan fingerprint density at radius 1 is 1.48 bits per heavy atom. The van der Waals surface area contributed by atoms with Crippen LogP contribution in [0, 0.1) is 5.41 Å². The zero-order chi connectivity index (χ0) is 17.2. The Morgan fingerprint density at radius 2 is 2.17 bits per heavy atom. The second-order valence-corrected chi connectivity index (χ2v) is 7.76. The van der Waals surface area contributed by atoms with Crippen molar-refractivity contribution in [3.63, 3.8) is 0 Å². The molecule has 0 bridgehead atoms. The van der Waals surface area contributed by atoms with Crippen LogP contribution in [-0.2, 0) is 4.74 Å². The first-order valence-electron chi connectivity index (χ1n) is 7.86. The van der Waals surface area contributed by atoms with Gasteiger partial charge in [0.15, 0.2) is 5.69 Å². The molecule has 1 N–H and O–H groups in total. The molecule has 1 aliphatic rings. The number of hydrogen-bond donors (Lipinski definition) is 1. The Balaban J connectivity index is 2.16. The predicted octanol–water partition coefficient (Wildman–Crippen LogP) is 3.59. The third kappa shape index (κ3) is 4.02. The highest BCUT2D eigenvalue weighted by atomic mass is 32.1. The normalized spacial score (nSPS) is 22.0. The molecule has 1 saturated heterocycles. The van der Waals surface area contributed by atoms with Gasteiger partial charge in [-0.3, -0.25) is 0 Å². The summed E-state index contributed by atoms with van der Waals surface area (Å²) in [6, 6.07) is -0.0614. The lowest BCUT2D eigenvalue weighted by atomic mass is 9.77. The van der Waals surface area contributed by atoms with Crippen LogP contribution in [0.3, 0.4) is 0 Å². The van der Waals surface area contributed by atoms with E-state index in [1.807, 2.05) is 0 Å². The van der Waals surface area contributed by atoms with Crippen LogP contribution in [0.15, 0.2) is 5.38 Å². The monoisotopic (exact) mass is 340 g/mol. The molecule has 1 aromatic rings. The van der Waals surface area contributed by atoms with Gasteiger partial charge in [-0.05, 0) is 25.2 Å². The van der Waals surface area contributed by atoms with E-state index in [1.54, 1.807) is 12.3 Å². The van der Waals surface area contributed by atoms with Crippen LogP contribution < -0.4 is 0 Å². The Kier molecular flexibility index (Phi) is 5.29. The van der Waals surface area contributed by atoms with Crippen molar-refractivity contribution in [3.8, 4) is 0 Å². The van der Waals surface area contributed by atoms with Gasteiger partial charge in [-0.15, -0.1) is 11.3 Å². The van der Waals surface area contributed by atoms with E-state index in [1.165, 1.54) is 16.2 Å². The topological polar surface area (TPSA) is 79.7 Å². The molecule has 128 valence electrons. The van der Waals surface area contributed by atoms with Gasteiger partial charge < -0.3 is 14.7 Å². The Morgan fingerprint density at radius 3 is 2.74 bits per heavy atom. The SMILES string of the molecule is CCOC(=O)c1csc(C2CCN(C(=O)O)C(C(C)(C)C)C2)n1. The zero-order valence-corrected chi connectivity index (χ0v) is 14.9. The summed E-state index contributed by atoms with van der Waals surface area (Å²) >= 11 is 1.45. The zero-order valence-electron chi connectivity index (χ0n) is 14.0. The number of hydrogen-bond acceptors (Lipinski definition) is 5. The minimum Gasteiger partial charge on any atom is -0.465 e. The third-order valence-electron chi connectivity index (χ3n) is 4.20. The van der Waals surface area contributed by atoms with Gasteiger partial charge in [-0.1, -0.05) is 20.8 Å². The summed E-state index contributed by atoms with van der Waals surface area (Å²) in [4.78, 5) is 29.2. The smallest absolute Gasteiger partial charge is 0.407 e. The van der Waals surface area contributed by atoms with Crippen LogP contribution in [0.5, 0.6) is 0 Å². The number of carboxylic acid groups (broad SMARTS) is 1. The van der Waals surface area contributed by atoms with E-state index in [2.05, 4.69) is 25.8 Å². The van der Waals surface area contributed by atoms with Crippen LogP contribution in [0.2, 0.25) is 0 Å². The summed E-state index contributed by atoms with van der Waals surface area (Å²) in [5, 5.41) is 12.0. The van der Waals surface area contributed by atoms with Crippen molar-refractivity contribution >= 4 is 23.4 Å². The highest BCUT2D eigenvalue weighted by molar-refractivity contribution is 7.09. The van der Waals surface area contributed by atoms with Crippen LogP contribution >= 0.6 is 11.3 Å². The van der Waals surface area contributed by atoms with Gasteiger partial charge in [0, 0.05) is 23.9 Å². The number of likely N-dealkylation sites (tertiary alicyclic amines) is 1. The van der Waals surface area contributed by atoms with Gasteiger partial charge in [-0.25, -0.2) is 14.6 Å². The van der Waals surface area contributed by atoms with Crippen molar-refractivity contribution in [3.05, 3.63) is 16.1 Å². The number of aromatic nitrogens is 1. The average molecular weight is 340 g/mol. The fourth-order valence-corrected chi connectivity index (χ4v) is 3.95. The molecule has 2 rings (SSSR count). The van der Waals surface area contributed by atoms with Gasteiger partial charge in [0.1, 0.15) is 0 Å². The van der Waals surface area contributed by atoms with E-state index in [9.17, 15) is 14.7 Å². The first-order chi connectivity index (χ1) is 10.7. The molecule has 0 radical (unpaired) electrons. The summed E-state index contributed by atoms with van der Waals surface area (Å²) < 4.78 is 4.97. The van der Waals surface area contributed by atoms with Gasteiger partial charge in [0.2, 0.25) is 0 Å². The van der Waals surface area contributed by atoms with E-state index < -0.39 is 12.1 Å². The lowest BCUT2D eigenvalue weighted by Gasteiger charge is -2.44. The van der Waals surface area contributed by atoms with E-state index in [4.69, 9.17) is 4.74 Å². The number of carbonyl (C=O) groups is 2. The van der Waals surface area contributed by atoms with Gasteiger partial charge in [-0.2, -0.15) is 0 Å². The number of amides is 1. The molecular weight excluding hydrogens is 316 g/mol. The first-order valence-corrected chi connectivity index (χ1v) is 8.74. The number of rotatable bonds is 3. The average Bonchev–Trinajstić information content (AvgIpc) is 2.95. The second kappa shape index (κ2) is 6.86. The van der Waals surface area contributed by atoms with Gasteiger partial charge in [0.05, 0.1) is 11.6 Å². The highest BCUT2D eigenvalue weighted by Gasteiger charge is 2.39. The van der Waals surface area contributed by atoms with Crippen LogP contribution in [0.25, 0.3) is 0 Å². The van der Waals surface area contributed by atoms with Crippen LogP contribution in [0.4, 0.5) is 4.79 Å². The molecule has 0 spiro atoms. The number of thiazole rings is 1. The fourth-order valence-electron chi connectivity index (χ4n) is 3.01. The van der Waals surface area contributed by atoms with Crippen molar-refractivity contribution in [2.45, 2.75) is 52.5 Å². The number of nitrogens with zero attached hydrogens (tertiary/aromatic N) is 2. The van der Waals surface area contributed by atoms with Crippen molar-refractivity contribution < 1.29 is 19.4 Å². The maximum atomic E-state index is 11.7. The molecule has 0 saturated carbocycles. The maximum absolute atomic E-state index is 11.7. The molecular formula is C16H24N2O4S. The van der Waals surface area contributed by atoms with Gasteiger partial charge in [0.25, 0.3) is 0 Å². The lowest BCUT2D eigenvalue weighted by Crippen LogP contribution is -2.51. The Hall–Kier alpha value is -1.63. The Labute approximate surface area is 140 Å². The molecule has 7 heteroatoms. The quantitative estimate of drug-likeness (QED) is 0.851. The van der Waals surface area contributed by atoms with E-state index in [0.29, 0.717) is 18.8 Å². The molecule has 2 heterocycles. The number of carbonyl (C=O) groups excluding carboxylic acids is 1. The standard InChI is InChI=1S/C16H24N2O4S/c1-5-22-14(19)11-9-23-13(17-11)10-6-7-18(15(20)21)12(8-10)16(2,3)4/h9-10,12H,5-8H2,1-4H3,(H,20,21). The molecule has 23 heavy (non-hydrogen) atoms. The second-order valence-electron chi connectivity index (χ2n) is 6.87. The third-order valence-corrected chi connectivity index (χ3v) is 5.21. The van der Waals surface area contributed by atoms with Crippen molar-refractivity contribution in [2.24, 2.45) is 5.41 Å². The van der Waals surface area contributed by atoms with Crippen LogP contribution in [0.1, 0.15) is 62.0 Å². The number of piperidine rings is 1. The van der Waals surface area contributed by atoms with E-state index >= 15 is 0 Å². The molecule has 2 unspecified atom stereocenters. The largest absolute Gasteiger partial charge is 0.465 e. The summed E-state index contributed by atoms with van der Waals surface area (Å²) in [5.74, 6) is -0.214. The van der Waals surface area contributed by atoms with Crippen molar-refractivity contribution in [1.29, 1.82) is 0 Å². The maximum Gasteiger partial charge on any atom is 0.407 e. The molecule has 6 nitrogen and oxygen atoms in total. The molecule has 0 aliphatic carbocycles. The van der Waals surface area contributed by atoms with E-state index in [-0.39, 0.29) is 17.4 Å². The minimum atomic E-state index is -0.866. The molecule has 1 aliphatic heterocycles. The molecule has 1 fully saturated rings. The minimum absolute atomic E-state index is 0.0614. The van der Waals surface area contributed by atoms with Crippen molar-refractivity contribution in [2.75, 3.05) is 13.2 Å². The summed E-state index contributed by atoms with van der Waals surface area (Å²) in [5.41, 5.74) is 0.206. The number of esters is 1. The molecule has 1 amide bonds. The molecule has 1 aromatic heterocycles. The van der Waals surface area contributed by atoms with E-state index in [0.717, 1.165) is 17.8 Å². The predicted molar refractivity (Wildman–Crippen MR) is 88.0 cm³/mol. The highest BCUT2D eigenvalue weighted by Crippen LogP contribution is 2.39. The molecule has 2 atom stereocenters. The fraction of sp³-hybridized carbons (Fsp3) is 0.688.